The zero-order chi connectivity index (χ0) is 38.5. The summed E-state index contributed by atoms with van der Waals surface area (Å²) < 4.78 is 0. The Morgan fingerprint density at radius 2 is 1.07 bits per heavy atom. The average Bonchev–Trinajstić information content (AvgIpc) is 3.51. The molecule has 270 valence electrons. The van der Waals surface area contributed by atoms with Gasteiger partial charge in [0, 0.05) is 22.8 Å². The summed E-state index contributed by atoms with van der Waals surface area (Å²) in [6.45, 7) is 4.76. The fourth-order valence-corrected chi connectivity index (χ4v) is 9.12. The topological polar surface area (TPSA) is 36.2 Å². The van der Waals surface area contributed by atoms with Crippen LogP contribution in [-0.2, 0) is 5.41 Å². The molecule has 1 aliphatic rings. The van der Waals surface area contributed by atoms with Crippen LogP contribution in [0.3, 0.4) is 0 Å². The van der Waals surface area contributed by atoms with Crippen molar-refractivity contribution in [2.24, 2.45) is 4.99 Å². The fraction of sp³-hybridized carbons (Fsp3) is 0.0545. The van der Waals surface area contributed by atoms with Crippen LogP contribution in [-0.4, -0.2) is 11.9 Å². The van der Waals surface area contributed by atoms with Crippen LogP contribution in [0.25, 0.3) is 71.4 Å². The third-order valence-corrected chi connectivity index (χ3v) is 11.8. The molecule has 0 aliphatic heterocycles. The van der Waals surface area contributed by atoms with E-state index in [1.807, 2.05) is 42.6 Å². The third-order valence-electron chi connectivity index (χ3n) is 11.8. The highest BCUT2D eigenvalue weighted by Crippen LogP contribution is 2.54. The summed E-state index contributed by atoms with van der Waals surface area (Å²) in [7, 11) is 0. The number of rotatable bonds is 7. The van der Waals surface area contributed by atoms with E-state index in [1.54, 1.807) is 0 Å². The molecular formula is C55H40N2. The molecule has 2 nitrogen and oxygen atoms in total. The number of fused-ring (bicyclic) bond motifs is 7. The molecule has 10 rings (SSSR count). The Morgan fingerprint density at radius 1 is 0.474 bits per heavy atom. The second-order valence-electron chi connectivity index (χ2n) is 15.5. The molecule has 0 saturated heterocycles. The van der Waals surface area contributed by atoms with Crippen molar-refractivity contribution in [1.82, 2.24) is 0 Å². The highest BCUT2D eigenvalue weighted by atomic mass is 14.7. The lowest BCUT2D eigenvalue weighted by Gasteiger charge is -2.26. The maximum Gasteiger partial charge on any atom is 0.0729 e. The molecule has 0 spiro atoms. The number of nitrogens with zero attached hydrogens (tertiary/aromatic N) is 1. The maximum atomic E-state index is 9.17. The van der Waals surface area contributed by atoms with Crippen molar-refractivity contribution in [2.45, 2.75) is 19.3 Å². The van der Waals surface area contributed by atoms with Gasteiger partial charge in [0.05, 0.1) is 11.4 Å². The first kappa shape index (κ1) is 34.3. The van der Waals surface area contributed by atoms with E-state index in [-0.39, 0.29) is 5.41 Å². The van der Waals surface area contributed by atoms with Gasteiger partial charge in [0.15, 0.2) is 0 Å². The third kappa shape index (κ3) is 5.89. The molecule has 0 bridgehead atoms. The first-order valence-corrected chi connectivity index (χ1v) is 19.6. The van der Waals surface area contributed by atoms with Crippen molar-refractivity contribution in [2.75, 3.05) is 0 Å². The molecule has 1 N–H and O–H groups in total. The van der Waals surface area contributed by atoms with E-state index in [0.717, 1.165) is 38.9 Å². The Balaban J connectivity index is 1.10. The molecule has 9 aromatic rings. The SMILES string of the molecule is CC1(C)c2c(cccc2-c2ccc(C=N/C(=C\C(=N)c3ccccc3)c3ccccc3-c3ccc4ccccc4c3)c3ccccc23)-c2ccc3ccccc3c21. The normalized spacial score (nSPS) is 13.3. The Bertz CT molecular complexity index is 3110. The number of nitrogens with one attached hydrogen (secondary N) is 1. The van der Waals surface area contributed by atoms with E-state index in [4.69, 9.17) is 10.4 Å². The Morgan fingerprint density at radius 3 is 1.89 bits per heavy atom. The predicted molar refractivity (Wildman–Crippen MR) is 243 cm³/mol. The number of hydrogen-bond donors (Lipinski definition) is 1. The number of aliphatic imine (C=N–C) groups is 1. The molecule has 0 aromatic heterocycles. The molecule has 0 saturated carbocycles. The minimum Gasteiger partial charge on any atom is -0.300 e. The smallest absolute Gasteiger partial charge is 0.0729 e. The standard InChI is InChI=1S/C55H40N2/c1-55(2)53-44-22-9-8-16-37(44)29-32-50(53)49-26-14-25-48(54(49)55)46-31-30-41(43-21-10-12-23-45(43)46)35-57-52(34-51(56)38-17-4-3-5-18-38)47-24-13-11-20-42(47)40-28-27-36-15-6-7-19-39(36)33-40/h3-35,56H,1-2H3/b52-34-,56-51?,57-35?. The maximum absolute atomic E-state index is 9.17. The van der Waals surface area contributed by atoms with Gasteiger partial charge in [-0.05, 0) is 94.5 Å². The van der Waals surface area contributed by atoms with Gasteiger partial charge in [0.25, 0.3) is 0 Å². The van der Waals surface area contributed by atoms with E-state index >= 15 is 0 Å². The minimum atomic E-state index is -0.190. The van der Waals surface area contributed by atoms with Crippen LogP contribution >= 0.6 is 0 Å². The molecule has 57 heavy (non-hydrogen) atoms. The zero-order valence-corrected chi connectivity index (χ0v) is 32.0. The number of hydrogen-bond acceptors (Lipinski definition) is 2. The average molecular weight is 729 g/mol. The van der Waals surface area contributed by atoms with Crippen LogP contribution in [0.5, 0.6) is 0 Å². The van der Waals surface area contributed by atoms with Gasteiger partial charge in [0.2, 0.25) is 0 Å². The van der Waals surface area contributed by atoms with Crippen molar-refractivity contribution < 1.29 is 0 Å². The molecule has 1 aliphatic carbocycles. The molecule has 0 radical (unpaired) electrons. The molecule has 0 fully saturated rings. The van der Waals surface area contributed by atoms with Crippen LogP contribution in [0.2, 0.25) is 0 Å². The summed E-state index contributed by atoms with van der Waals surface area (Å²) in [5.41, 5.74) is 13.9. The Kier molecular flexibility index (Phi) is 8.34. The fourth-order valence-electron chi connectivity index (χ4n) is 9.12. The lowest BCUT2D eigenvalue weighted by molar-refractivity contribution is 0.668. The van der Waals surface area contributed by atoms with Gasteiger partial charge in [-0.2, -0.15) is 0 Å². The van der Waals surface area contributed by atoms with Crippen LogP contribution < -0.4 is 0 Å². The van der Waals surface area contributed by atoms with E-state index in [1.165, 1.54) is 60.3 Å². The monoisotopic (exact) mass is 728 g/mol. The molecule has 0 heterocycles. The zero-order valence-electron chi connectivity index (χ0n) is 32.0. The molecule has 9 aromatic carbocycles. The molecule has 0 unspecified atom stereocenters. The first-order valence-electron chi connectivity index (χ1n) is 19.6. The van der Waals surface area contributed by atoms with Crippen molar-refractivity contribution in [1.29, 1.82) is 5.41 Å². The summed E-state index contributed by atoms with van der Waals surface area (Å²) in [4.78, 5) is 5.26. The summed E-state index contributed by atoms with van der Waals surface area (Å²) in [6.07, 6.45) is 3.88. The summed E-state index contributed by atoms with van der Waals surface area (Å²) in [5.74, 6) is 0. The summed E-state index contributed by atoms with van der Waals surface area (Å²) in [6, 6.07) is 66.7. The summed E-state index contributed by atoms with van der Waals surface area (Å²) in [5, 5.41) is 16.5. The number of benzene rings is 9. The van der Waals surface area contributed by atoms with Crippen molar-refractivity contribution in [3.63, 3.8) is 0 Å². The van der Waals surface area contributed by atoms with E-state index in [9.17, 15) is 0 Å². The highest BCUT2D eigenvalue weighted by molar-refractivity contribution is 6.13. The van der Waals surface area contributed by atoms with E-state index < -0.39 is 0 Å². The largest absolute Gasteiger partial charge is 0.300 e. The van der Waals surface area contributed by atoms with E-state index in [2.05, 4.69) is 172 Å². The quantitative estimate of drug-likeness (QED) is 0.159. The van der Waals surface area contributed by atoms with Gasteiger partial charge >= 0.3 is 0 Å². The van der Waals surface area contributed by atoms with Crippen molar-refractivity contribution >= 4 is 49.9 Å². The predicted octanol–water partition coefficient (Wildman–Crippen LogP) is 14.3. The van der Waals surface area contributed by atoms with Crippen LogP contribution in [0, 0.1) is 5.41 Å². The number of allylic oxidation sites excluding steroid dienone is 1. The minimum absolute atomic E-state index is 0.190. The van der Waals surface area contributed by atoms with Crippen LogP contribution in [0.4, 0.5) is 0 Å². The van der Waals surface area contributed by atoms with Gasteiger partial charge in [0.1, 0.15) is 0 Å². The Hall–Kier alpha value is -7.16. The molecule has 0 atom stereocenters. The molecule has 0 amide bonds. The van der Waals surface area contributed by atoms with Crippen LogP contribution in [0.15, 0.2) is 199 Å². The van der Waals surface area contributed by atoms with Crippen molar-refractivity contribution in [3.8, 4) is 33.4 Å². The van der Waals surface area contributed by atoms with Crippen LogP contribution in [0.1, 0.15) is 41.7 Å². The summed E-state index contributed by atoms with van der Waals surface area (Å²) >= 11 is 0. The van der Waals surface area contributed by atoms with Gasteiger partial charge in [-0.1, -0.05) is 196 Å². The first-order chi connectivity index (χ1) is 28.0. The highest BCUT2D eigenvalue weighted by Gasteiger charge is 2.39. The second-order valence-corrected chi connectivity index (χ2v) is 15.5. The van der Waals surface area contributed by atoms with Gasteiger partial charge in [-0.15, -0.1) is 0 Å². The van der Waals surface area contributed by atoms with Gasteiger partial charge in [-0.25, -0.2) is 0 Å². The van der Waals surface area contributed by atoms with Gasteiger partial charge in [-0.3, -0.25) is 4.99 Å². The Labute approximate surface area is 333 Å². The van der Waals surface area contributed by atoms with E-state index in [0.29, 0.717) is 5.71 Å². The molecular weight excluding hydrogens is 689 g/mol. The molecule has 2 heteroatoms. The van der Waals surface area contributed by atoms with Crippen molar-refractivity contribution in [3.05, 3.63) is 222 Å². The van der Waals surface area contributed by atoms with Gasteiger partial charge < -0.3 is 5.41 Å². The lowest BCUT2D eigenvalue weighted by atomic mass is 9.77. The second kappa shape index (κ2) is 13.8. The lowest BCUT2D eigenvalue weighted by Crippen LogP contribution is -2.17.